The third-order valence-electron chi connectivity index (χ3n) is 9.25. The Labute approximate surface area is 310 Å². The summed E-state index contributed by atoms with van der Waals surface area (Å²) in [6, 6.07) is 2.64. The van der Waals surface area contributed by atoms with E-state index < -0.39 is 67.9 Å². The van der Waals surface area contributed by atoms with E-state index in [0.717, 1.165) is 12.7 Å². The first-order chi connectivity index (χ1) is 25.5. The van der Waals surface area contributed by atoms with Gasteiger partial charge in [0, 0.05) is 59.0 Å². The molecule has 0 amide bonds. The lowest BCUT2D eigenvalue weighted by atomic mass is 10.0. The van der Waals surface area contributed by atoms with Crippen molar-refractivity contribution in [3.63, 3.8) is 0 Å². The summed E-state index contributed by atoms with van der Waals surface area (Å²) in [5.74, 6) is -3.77. The van der Waals surface area contributed by atoms with Gasteiger partial charge in [-0.15, -0.1) is 0 Å². The zero-order chi connectivity index (χ0) is 39.2. The molecule has 18 heteroatoms. The highest BCUT2D eigenvalue weighted by atomic mass is 16.5. The van der Waals surface area contributed by atoms with E-state index in [4.69, 9.17) is 18.9 Å². The van der Waals surface area contributed by atoms with E-state index in [0.29, 0.717) is 51.6 Å². The summed E-state index contributed by atoms with van der Waals surface area (Å²) < 4.78 is 21.2. The number of carbonyl (C=O) groups excluding carboxylic acids is 1. The van der Waals surface area contributed by atoms with Gasteiger partial charge in [0.2, 0.25) is 0 Å². The second kappa shape index (κ2) is 25.5. The number of aliphatic carboxylic acids is 3. The van der Waals surface area contributed by atoms with Crippen LogP contribution in [0.25, 0.3) is 0 Å². The molecule has 6 N–H and O–H groups in total. The molecule has 1 aliphatic heterocycles. The van der Waals surface area contributed by atoms with Gasteiger partial charge in [0.25, 0.3) is 0 Å². The molecule has 1 heterocycles. The molecule has 2 rings (SSSR count). The fourth-order valence-corrected chi connectivity index (χ4v) is 6.19. The summed E-state index contributed by atoms with van der Waals surface area (Å²) in [5, 5.41) is 60.2. The number of ether oxygens (including phenoxy) is 4. The van der Waals surface area contributed by atoms with Crippen LogP contribution in [0.4, 0.5) is 0 Å². The normalized spacial score (nSPS) is 18.2. The Bertz CT molecular complexity index is 1190. The summed E-state index contributed by atoms with van der Waals surface area (Å²) in [4.78, 5) is 55.7. The van der Waals surface area contributed by atoms with Crippen LogP contribution in [0.15, 0.2) is 24.3 Å². The maximum Gasteiger partial charge on any atom is 0.325 e. The molecular weight excluding hydrogens is 700 g/mol. The molecule has 0 aromatic heterocycles. The smallest absolute Gasteiger partial charge is 0.325 e. The van der Waals surface area contributed by atoms with E-state index in [1.807, 2.05) is 31.2 Å². The SMILES string of the molecule is CCOCCOCCOc1ccc(CCC[C@@H](C(=O)O)N2CCN([C@@H](CO)C(=O)O)CCN([C@@H](CO)C(=O)OC)CCN([C@@H](CO)C(=O)O)CC2)cc1. The minimum atomic E-state index is -1.34. The highest BCUT2D eigenvalue weighted by Gasteiger charge is 2.34. The molecule has 302 valence electrons. The standard InChI is InChI=1S/C35H58N4O14/c1-3-51-19-20-52-21-22-53-27-9-7-26(8-10-27)5-4-6-28(32(43)44)36-11-13-37(29(23-40)33(45)46)15-17-39(31(25-42)35(49)50-2)18-16-38(14-12-36)30(24-41)34(47)48/h7-10,28-31,40-42H,3-6,11-25H2,1-2H3,(H,43,44)(H,45,46)(H,47,48)/t28-,29-,30-,31-/m0/s1. The minimum Gasteiger partial charge on any atom is -0.491 e. The van der Waals surface area contributed by atoms with Gasteiger partial charge in [-0.05, 0) is 43.9 Å². The number of carboxylic acid groups (broad SMARTS) is 3. The highest BCUT2D eigenvalue weighted by molar-refractivity contribution is 5.76. The number of hydrogen-bond acceptors (Lipinski definition) is 15. The number of aliphatic hydroxyl groups excluding tert-OH is 3. The van der Waals surface area contributed by atoms with Gasteiger partial charge in [0.1, 0.15) is 36.5 Å². The van der Waals surface area contributed by atoms with E-state index in [1.165, 1.54) is 14.7 Å². The number of methoxy groups -OCH3 is 1. The number of aryl methyl sites for hydroxylation is 1. The van der Waals surface area contributed by atoms with Crippen LogP contribution < -0.4 is 4.74 Å². The minimum absolute atomic E-state index is 0.000386. The van der Waals surface area contributed by atoms with Crippen molar-refractivity contribution in [2.24, 2.45) is 0 Å². The Morgan fingerprint density at radius 2 is 1.04 bits per heavy atom. The van der Waals surface area contributed by atoms with Crippen LogP contribution in [-0.4, -0.2) is 211 Å². The molecule has 1 fully saturated rings. The molecule has 1 aromatic carbocycles. The lowest BCUT2D eigenvalue weighted by molar-refractivity contribution is -0.151. The Hall–Kier alpha value is -3.46. The van der Waals surface area contributed by atoms with Gasteiger partial charge in [-0.3, -0.25) is 38.8 Å². The number of hydrogen-bond donors (Lipinski definition) is 6. The zero-order valence-electron chi connectivity index (χ0n) is 30.8. The average Bonchev–Trinajstić information content (AvgIpc) is 3.13. The fourth-order valence-electron chi connectivity index (χ4n) is 6.19. The number of rotatable bonds is 23. The van der Waals surface area contributed by atoms with E-state index in [9.17, 15) is 49.8 Å². The van der Waals surface area contributed by atoms with Gasteiger partial charge >= 0.3 is 23.9 Å². The van der Waals surface area contributed by atoms with Crippen molar-refractivity contribution in [2.75, 3.05) is 112 Å². The third kappa shape index (κ3) is 15.8. The molecule has 0 unspecified atom stereocenters. The van der Waals surface area contributed by atoms with Crippen LogP contribution in [0.3, 0.4) is 0 Å². The summed E-state index contributed by atoms with van der Waals surface area (Å²) in [6.45, 7) is 2.43. The first-order valence-corrected chi connectivity index (χ1v) is 17.9. The molecule has 18 nitrogen and oxygen atoms in total. The van der Waals surface area contributed by atoms with Crippen molar-refractivity contribution >= 4 is 23.9 Å². The van der Waals surface area contributed by atoms with Crippen LogP contribution in [0.5, 0.6) is 5.75 Å². The van der Waals surface area contributed by atoms with Crippen LogP contribution in [0, 0.1) is 0 Å². The fraction of sp³-hybridized carbons (Fsp3) is 0.714. The van der Waals surface area contributed by atoms with Crippen molar-refractivity contribution in [2.45, 2.75) is 50.4 Å². The topological polar surface area (TPSA) is 240 Å². The lowest BCUT2D eigenvalue weighted by Gasteiger charge is -2.39. The molecule has 53 heavy (non-hydrogen) atoms. The van der Waals surface area contributed by atoms with Crippen LogP contribution in [-0.2, 0) is 39.8 Å². The maximum atomic E-state index is 12.7. The molecule has 0 spiro atoms. The number of carbonyl (C=O) groups is 4. The largest absolute Gasteiger partial charge is 0.491 e. The van der Waals surface area contributed by atoms with E-state index in [2.05, 4.69) is 0 Å². The Morgan fingerprint density at radius 3 is 1.45 bits per heavy atom. The molecule has 4 atom stereocenters. The van der Waals surface area contributed by atoms with Crippen LogP contribution in [0.1, 0.15) is 25.3 Å². The summed E-state index contributed by atoms with van der Waals surface area (Å²) in [5.41, 5.74) is 0.970. The van der Waals surface area contributed by atoms with Gasteiger partial charge in [0.05, 0.1) is 46.8 Å². The van der Waals surface area contributed by atoms with Crippen molar-refractivity contribution in [1.82, 2.24) is 19.6 Å². The molecule has 0 aliphatic carbocycles. The highest BCUT2D eigenvalue weighted by Crippen LogP contribution is 2.18. The third-order valence-corrected chi connectivity index (χ3v) is 9.25. The second-order valence-corrected chi connectivity index (χ2v) is 12.5. The average molecular weight is 759 g/mol. The number of carboxylic acids is 3. The molecule has 0 bridgehead atoms. The predicted molar refractivity (Wildman–Crippen MR) is 190 cm³/mol. The van der Waals surface area contributed by atoms with Gasteiger partial charge in [-0.25, -0.2) is 0 Å². The van der Waals surface area contributed by atoms with Gasteiger partial charge in [0.15, 0.2) is 0 Å². The van der Waals surface area contributed by atoms with E-state index in [-0.39, 0.29) is 58.8 Å². The first-order valence-electron chi connectivity index (χ1n) is 17.9. The van der Waals surface area contributed by atoms with Crippen molar-refractivity contribution < 1.29 is 68.8 Å². The maximum absolute atomic E-state index is 12.7. The van der Waals surface area contributed by atoms with Crippen molar-refractivity contribution in [3.05, 3.63) is 29.8 Å². The summed E-state index contributed by atoms with van der Waals surface area (Å²) in [7, 11) is 1.16. The molecule has 0 radical (unpaired) electrons. The number of nitrogens with zero attached hydrogens (tertiary/aromatic N) is 4. The Balaban J connectivity index is 2.24. The molecular formula is C35H58N4O14. The van der Waals surface area contributed by atoms with Crippen LogP contribution >= 0.6 is 0 Å². The first kappa shape index (κ1) is 45.7. The monoisotopic (exact) mass is 758 g/mol. The van der Waals surface area contributed by atoms with Gasteiger partial charge in [-0.1, -0.05) is 12.1 Å². The van der Waals surface area contributed by atoms with E-state index >= 15 is 0 Å². The molecule has 0 saturated carbocycles. The van der Waals surface area contributed by atoms with Crippen molar-refractivity contribution in [3.8, 4) is 5.75 Å². The predicted octanol–water partition coefficient (Wildman–Crippen LogP) is -1.46. The van der Waals surface area contributed by atoms with E-state index in [1.54, 1.807) is 4.90 Å². The number of aliphatic hydroxyl groups is 3. The summed E-state index contributed by atoms with van der Waals surface area (Å²) >= 11 is 0. The zero-order valence-corrected chi connectivity index (χ0v) is 30.8. The lowest BCUT2D eigenvalue weighted by Crippen LogP contribution is -2.57. The second-order valence-electron chi connectivity index (χ2n) is 12.5. The molecule has 1 aliphatic rings. The number of benzene rings is 1. The molecule has 1 saturated heterocycles. The Morgan fingerprint density at radius 1 is 0.623 bits per heavy atom. The Kier molecular flexibility index (Phi) is 22.0. The molecule has 1 aromatic rings. The summed E-state index contributed by atoms with van der Waals surface area (Å²) in [6.07, 6.45) is 1.28. The van der Waals surface area contributed by atoms with Gasteiger partial charge < -0.3 is 49.6 Å². The quantitative estimate of drug-likeness (QED) is 0.0552. The van der Waals surface area contributed by atoms with Crippen molar-refractivity contribution in [1.29, 1.82) is 0 Å². The van der Waals surface area contributed by atoms with Gasteiger partial charge in [-0.2, -0.15) is 0 Å². The number of esters is 1. The van der Waals surface area contributed by atoms with Crippen LogP contribution in [0.2, 0.25) is 0 Å².